The Balaban J connectivity index is 1.50. The highest BCUT2D eigenvalue weighted by molar-refractivity contribution is 6.34. The van der Waals surface area contributed by atoms with Crippen molar-refractivity contribution in [2.45, 2.75) is 19.3 Å². The molecule has 1 aliphatic carbocycles. The van der Waals surface area contributed by atoms with Crippen molar-refractivity contribution in [1.29, 1.82) is 0 Å². The quantitative estimate of drug-likeness (QED) is 0.430. The maximum absolute atomic E-state index is 6.44. The van der Waals surface area contributed by atoms with E-state index in [-0.39, 0.29) is 0 Å². The predicted octanol–water partition coefficient (Wildman–Crippen LogP) is 8.35. The van der Waals surface area contributed by atoms with Gasteiger partial charge in [-0.2, -0.15) is 0 Å². The molecule has 2 atom stereocenters. The molecule has 1 aliphatic rings. The number of benzene rings is 3. The fourth-order valence-electron chi connectivity index (χ4n) is 3.57. The Morgan fingerprint density at radius 3 is 2.29 bits per heavy atom. The number of hydrogen-bond acceptors (Lipinski definition) is 1. The highest BCUT2D eigenvalue weighted by Crippen LogP contribution is 2.52. The first kappa shape index (κ1) is 19.4. The molecule has 0 heterocycles. The van der Waals surface area contributed by atoms with Gasteiger partial charge in [-0.15, -0.1) is 0 Å². The second-order valence-corrected chi connectivity index (χ2v) is 8.64. The summed E-state index contributed by atoms with van der Waals surface area (Å²) in [6, 6.07) is 20.1. The molecule has 0 spiro atoms. The maximum atomic E-state index is 6.44. The zero-order valence-electron chi connectivity index (χ0n) is 15.5. The fraction of sp³-hybridized carbons (Fsp3) is 0.167. The smallest absolute Gasteiger partial charge is 0.0485 e. The number of allylic oxidation sites excluding steroid dienone is 1. The molecule has 1 saturated carbocycles. The monoisotopic (exact) mass is 427 g/mol. The highest BCUT2D eigenvalue weighted by atomic mass is 35.5. The van der Waals surface area contributed by atoms with Gasteiger partial charge in [-0.1, -0.05) is 71.2 Å². The molecule has 0 bridgehead atoms. The van der Waals surface area contributed by atoms with Crippen LogP contribution in [0.25, 0.3) is 11.1 Å². The van der Waals surface area contributed by atoms with Crippen molar-refractivity contribution >= 4 is 40.5 Å². The summed E-state index contributed by atoms with van der Waals surface area (Å²) in [5.41, 5.74) is 6.49. The standard InChI is InChI=1S/C24H20Cl3N/c1-14-3-5-16(6-4-14)23-12-20(7-8-24(23)27)28-15(2)21-13-22(21)17-9-18(25)11-19(26)10-17/h3-12,21-22,28H,2,13H2,1H3. The Hall–Kier alpha value is -1.93. The van der Waals surface area contributed by atoms with Crippen molar-refractivity contribution in [3.8, 4) is 11.1 Å². The Bertz CT molecular complexity index is 1020. The molecule has 1 nitrogen and oxygen atoms in total. The van der Waals surface area contributed by atoms with Crippen LogP contribution < -0.4 is 5.32 Å². The zero-order valence-corrected chi connectivity index (χ0v) is 17.7. The zero-order chi connectivity index (χ0) is 19.8. The Morgan fingerprint density at radius 2 is 1.61 bits per heavy atom. The Labute approximate surface area is 180 Å². The Morgan fingerprint density at radius 1 is 0.929 bits per heavy atom. The lowest BCUT2D eigenvalue weighted by atomic mass is 10.0. The van der Waals surface area contributed by atoms with Crippen LogP contribution in [0.5, 0.6) is 0 Å². The lowest BCUT2D eigenvalue weighted by molar-refractivity contribution is 0.950. The second kappa shape index (κ2) is 7.83. The van der Waals surface area contributed by atoms with E-state index < -0.39 is 0 Å². The van der Waals surface area contributed by atoms with Gasteiger partial charge in [0.1, 0.15) is 0 Å². The molecule has 142 valence electrons. The third-order valence-corrected chi connectivity index (χ3v) is 5.95. The summed E-state index contributed by atoms with van der Waals surface area (Å²) in [6.07, 6.45) is 1.04. The molecule has 3 aromatic carbocycles. The summed E-state index contributed by atoms with van der Waals surface area (Å²) < 4.78 is 0. The molecule has 2 unspecified atom stereocenters. The molecule has 1 fully saturated rings. The van der Waals surface area contributed by atoms with Crippen LogP contribution in [-0.4, -0.2) is 0 Å². The number of hydrogen-bond donors (Lipinski definition) is 1. The second-order valence-electron chi connectivity index (χ2n) is 7.36. The first-order chi connectivity index (χ1) is 13.4. The largest absolute Gasteiger partial charge is 0.359 e. The van der Waals surface area contributed by atoms with Gasteiger partial charge < -0.3 is 5.32 Å². The normalized spacial score (nSPS) is 18.0. The fourth-order valence-corrected chi connectivity index (χ4v) is 4.34. The minimum absolute atomic E-state index is 0.369. The minimum atomic E-state index is 0.369. The summed E-state index contributed by atoms with van der Waals surface area (Å²) in [4.78, 5) is 0. The molecule has 4 rings (SSSR count). The van der Waals surface area contributed by atoms with Gasteiger partial charge in [0.15, 0.2) is 0 Å². The SMILES string of the molecule is C=C(Nc1ccc(Cl)c(-c2ccc(C)cc2)c1)C1CC1c1cc(Cl)cc(Cl)c1. The molecular formula is C24H20Cl3N. The van der Waals surface area contributed by atoms with E-state index in [1.54, 1.807) is 6.07 Å². The van der Waals surface area contributed by atoms with Crippen LogP contribution >= 0.6 is 34.8 Å². The van der Waals surface area contributed by atoms with E-state index in [2.05, 4.69) is 49.2 Å². The lowest BCUT2D eigenvalue weighted by Crippen LogP contribution is -2.01. The first-order valence-electron chi connectivity index (χ1n) is 9.19. The summed E-state index contributed by atoms with van der Waals surface area (Å²) in [7, 11) is 0. The predicted molar refractivity (Wildman–Crippen MR) is 122 cm³/mol. The third kappa shape index (κ3) is 4.22. The third-order valence-electron chi connectivity index (χ3n) is 5.18. The Kier molecular flexibility index (Phi) is 5.42. The van der Waals surface area contributed by atoms with Crippen LogP contribution in [0.3, 0.4) is 0 Å². The van der Waals surface area contributed by atoms with E-state index in [0.29, 0.717) is 21.9 Å². The van der Waals surface area contributed by atoms with Crippen LogP contribution in [0.2, 0.25) is 15.1 Å². The molecule has 1 N–H and O–H groups in total. The van der Waals surface area contributed by atoms with Crippen molar-refractivity contribution in [2.75, 3.05) is 5.32 Å². The molecule has 0 aliphatic heterocycles. The number of aryl methyl sites for hydroxylation is 1. The van der Waals surface area contributed by atoms with Gasteiger partial charge in [0, 0.05) is 37.9 Å². The van der Waals surface area contributed by atoms with Crippen molar-refractivity contribution in [2.24, 2.45) is 5.92 Å². The topological polar surface area (TPSA) is 12.0 Å². The number of nitrogens with one attached hydrogen (secondary N) is 1. The first-order valence-corrected chi connectivity index (χ1v) is 10.3. The van der Waals surface area contributed by atoms with Gasteiger partial charge in [-0.25, -0.2) is 0 Å². The van der Waals surface area contributed by atoms with Gasteiger partial charge in [-0.3, -0.25) is 0 Å². The van der Waals surface area contributed by atoms with Crippen LogP contribution in [0, 0.1) is 12.8 Å². The molecule has 28 heavy (non-hydrogen) atoms. The molecule has 0 aromatic heterocycles. The average Bonchev–Trinajstić information content (AvgIpc) is 3.44. The van der Waals surface area contributed by atoms with Gasteiger partial charge in [0.05, 0.1) is 0 Å². The maximum Gasteiger partial charge on any atom is 0.0485 e. The number of anilines is 1. The summed E-state index contributed by atoms with van der Waals surface area (Å²) in [5, 5.41) is 5.54. The van der Waals surface area contributed by atoms with E-state index in [1.165, 1.54) is 11.1 Å². The summed E-state index contributed by atoms with van der Waals surface area (Å²) >= 11 is 18.7. The molecule has 0 amide bonds. The minimum Gasteiger partial charge on any atom is -0.359 e. The van der Waals surface area contributed by atoms with Crippen molar-refractivity contribution in [3.05, 3.63) is 99.1 Å². The van der Waals surface area contributed by atoms with Crippen molar-refractivity contribution in [1.82, 2.24) is 0 Å². The molecule has 4 heteroatoms. The molecular weight excluding hydrogens is 409 g/mol. The van der Waals surface area contributed by atoms with Crippen LogP contribution in [0.15, 0.2) is 72.9 Å². The van der Waals surface area contributed by atoms with Gasteiger partial charge in [0.2, 0.25) is 0 Å². The number of halogens is 3. The molecule has 0 saturated heterocycles. The van der Waals surface area contributed by atoms with Gasteiger partial charge in [0.25, 0.3) is 0 Å². The molecule has 3 aromatic rings. The van der Waals surface area contributed by atoms with E-state index >= 15 is 0 Å². The van der Waals surface area contributed by atoms with Crippen molar-refractivity contribution < 1.29 is 0 Å². The molecule has 0 radical (unpaired) electrons. The van der Waals surface area contributed by atoms with E-state index in [1.807, 2.05) is 24.3 Å². The van der Waals surface area contributed by atoms with Crippen LogP contribution in [-0.2, 0) is 0 Å². The van der Waals surface area contributed by atoms with Gasteiger partial charge >= 0.3 is 0 Å². The van der Waals surface area contributed by atoms with E-state index in [4.69, 9.17) is 34.8 Å². The number of rotatable bonds is 5. The summed E-state index contributed by atoms with van der Waals surface area (Å²) in [5.74, 6) is 0.771. The summed E-state index contributed by atoms with van der Waals surface area (Å²) in [6.45, 7) is 6.33. The lowest BCUT2D eigenvalue weighted by Gasteiger charge is -2.13. The van der Waals surface area contributed by atoms with Crippen molar-refractivity contribution in [3.63, 3.8) is 0 Å². The van der Waals surface area contributed by atoms with E-state index in [9.17, 15) is 0 Å². The van der Waals surface area contributed by atoms with Crippen LogP contribution in [0.1, 0.15) is 23.5 Å². The highest BCUT2D eigenvalue weighted by Gasteiger charge is 2.40. The van der Waals surface area contributed by atoms with Crippen LogP contribution in [0.4, 0.5) is 5.69 Å². The van der Waals surface area contributed by atoms with E-state index in [0.717, 1.165) is 34.0 Å². The average molecular weight is 429 g/mol. The van der Waals surface area contributed by atoms with Gasteiger partial charge in [-0.05, 0) is 66.8 Å².